The van der Waals surface area contributed by atoms with E-state index in [-0.39, 0.29) is 17.7 Å². The largest absolute Gasteiger partial charge is 0.443 e. The molecule has 0 radical (unpaired) electrons. The van der Waals surface area contributed by atoms with Crippen molar-refractivity contribution >= 4 is 12.0 Å². The summed E-state index contributed by atoms with van der Waals surface area (Å²) in [4.78, 5) is 25.0. The number of hydrogen-bond donors (Lipinski definition) is 1. The lowest BCUT2D eigenvalue weighted by Crippen LogP contribution is -2.48. The number of carbonyl (C=O) groups excluding carboxylic acids is 2. The Hall–Kier alpha value is -2.08. The van der Waals surface area contributed by atoms with E-state index >= 15 is 0 Å². The lowest BCUT2D eigenvalue weighted by Gasteiger charge is -2.33. The van der Waals surface area contributed by atoms with E-state index in [1.165, 1.54) is 5.01 Å². The highest BCUT2D eigenvalue weighted by Gasteiger charge is 2.34. The fourth-order valence-electron chi connectivity index (χ4n) is 3.03. The maximum Gasteiger partial charge on any atom is 0.426 e. The van der Waals surface area contributed by atoms with Gasteiger partial charge in [-0.05, 0) is 45.1 Å². The second-order valence-corrected chi connectivity index (χ2v) is 7.35. The van der Waals surface area contributed by atoms with Gasteiger partial charge in [0.2, 0.25) is 5.91 Å². The van der Waals surface area contributed by atoms with Crippen molar-refractivity contribution in [3.8, 4) is 0 Å². The van der Waals surface area contributed by atoms with E-state index in [2.05, 4.69) is 5.43 Å². The molecule has 25 heavy (non-hydrogen) atoms. The standard InChI is InChI=1S/C19H28N2O4/c1-19(2,3)25-18(23)20-21(4)17(22)16(14-8-6-5-7-9-14)15-10-12-24-13-11-15/h5-9,15-16H,10-13H2,1-4H3,(H,20,23)/t16-/m0/s1. The van der Waals surface area contributed by atoms with Crippen molar-refractivity contribution in [2.75, 3.05) is 20.3 Å². The van der Waals surface area contributed by atoms with E-state index in [1.54, 1.807) is 27.8 Å². The summed E-state index contributed by atoms with van der Waals surface area (Å²) in [6.45, 7) is 6.66. The lowest BCUT2D eigenvalue weighted by atomic mass is 9.80. The third kappa shape index (κ3) is 5.74. The smallest absolute Gasteiger partial charge is 0.426 e. The molecule has 0 aromatic heterocycles. The summed E-state index contributed by atoms with van der Waals surface area (Å²) in [6.07, 6.45) is 1.01. The van der Waals surface area contributed by atoms with Crippen molar-refractivity contribution in [2.24, 2.45) is 5.92 Å². The number of rotatable bonds is 3. The molecule has 1 saturated heterocycles. The van der Waals surface area contributed by atoms with E-state index in [0.717, 1.165) is 18.4 Å². The number of hydrogen-bond acceptors (Lipinski definition) is 4. The first-order chi connectivity index (χ1) is 11.8. The Balaban J connectivity index is 2.13. The van der Waals surface area contributed by atoms with Crippen LogP contribution in [0.5, 0.6) is 0 Å². The summed E-state index contributed by atoms with van der Waals surface area (Å²) >= 11 is 0. The number of likely N-dealkylation sites (N-methyl/N-ethyl adjacent to an activating group) is 1. The van der Waals surface area contributed by atoms with Gasteiger partial charge in [0, 0.05) is 20.3 Å². The number of carbonyl (C=O) groups is 2. The van der Waals surface area contributed by atoms with Crippen molar-refractivity contribution < 1.29 is 19.1 Å². The summed E-state index contributed by atoms with van der Waals surface area (Å²) in [5, 5.41) is 1.24. The summed E-state index contributed by atoms with van der Waals surface area (Å²) in [5.41, 5.74) is 2.86. The van der Waals surface area contributed by atoms with Crippen molar-refractivity contribution in [1.82, 2.24) is 10.4 Å². The Morgan fingerprint density at radius 1 is 1.20 bits per heavy atom. The van der Waals surface area contributed by atoms with Crippen LogP contribution in [0.15, 0.2) is 30.3 Å². The molecule has 2 rings (SSSR count). The molecule has 0 saturated carbocycles. The highest BCUT2D eigenvalue weighted by molar-refractivity contribution is 5.85. The molecule has 1 N–H and O–H groups in total. The van der Waals surface area contributed by atoms with Crippen molar-refractivity contribution in [3.63, 3.8) is 0 Å². The van der Waals surface area contributed by atoms with E-state index in [9.17, 15) is 9.59 Å². The molecule has 6 nitrogen and oxygen atoms in total. The molecule has 1 aliphatic heterocycles. The van der Waals surface area contributed by atoms with Crippen LogP contribution >= 0.6 is 0 Å². The zero-order chi connectivity index (χ0) is 18.4. The molecule has 0 spiro atoms. The first-order valence-corrected chi connectivity index (χ1v) is 8.68. The van der Waals surface area contributed by atoms with Crippen LogP contribution in [-0.2, 0) is 14.3 Å². The third-order valence-corrected chi connectivity index (χ3v) is 4.15. The number of amides is 2. The molecule has 1 aromatic carbocycles. The predicted octanol–water partition coefficient (Wildman–Crippen LogP) is 3.09. The first kappa shape index (κ1) is 19.2. The average Bonchev–Trinajstić information content (AvgIpc) is 2.55. The van der Waals surface area contributed by atoms with Gasteiger partial charge in [-0.15, -0.1) is 0 Å². The number of ether oxygens (including phenoxy) is 2. The van der Waals surface area contributed by atoms with Crippen LogP contribution < -0.4 is 5.43 Å². The van der Waals surface area contributed by atoms with Gasteiger partial charge in [-0.2, -0.15) is 0 Å². The van der Waals surface area contributed by atoms with E-state index < -0.39 is 11.7 Å². The third-order valence-electron chi connectivity index (χ3n) is 4.15. The number of nitrogens with one attached hydrogen (secondary N) is 1. The van der Waals surface area contributed by atoms with Crippen LogP contribution in [-0.4, -0.2) is 42.9 Å². The highest BCUT2D eigenvalue weighted by Crippen LogP contribution is 2.33. The van der Waals surface area contributed by atoms with Gasteiger partial charge in [0.25, 0.3) is 0 Å². The maximum atomic E-state index is 13.1. The summed E-state index contributed by atoms with van der Waals surface area (Å²) in [6, 6.07) is 9.70. The quantitative estimate of drug-likeness (QED) is 0.853. The minimum absolute atomic E-state index is 0.149. The molecule has 1 heterocycles. The van der Waals surface area contributed by atoms with Crippen LogP contribution in [0.4, 0.5) is 4.79 Å². The molecule has 138 valence electrons. The molecular weight excluding hydrogens is 320 g/mol. The molecule has 0 unspecified atom stereocenters. The van der Waals surface area contributed by atoms with Crippen LogP contribution in [0.2, 0.25) is 0 Å². The Kier molecular flexibility index (Phi) is 6.42. The Bertz CT molecular complexity index is 577. The Labute approximate surface area is 149 Å². The van der Waals surface area contributed by atoms with Crippen molar-refractivity contribution in [1.29, 1.82) is 0 Å². The van der Waals surface area contributed by atoms with Gasteiger partial charge in [0.05, 0.1) is 5.92 Å². The Morgan fingerprint density at radius 2 is 1.80 bits per heavy atom. The van der Waals surface area contributed by atoms with Gasteiger partial charge in [-0.1, -0.05) is 30.3 Å². The predicted molar refractivity (Wildman–Crippen MR) is 94.9 cm³/mol. The van der Waals surface area contributed by atoms with Gasteiger partial charge in [-0.3, -0.25) is 9.80 Å². The normalized spacial score (nSPS) is 16.8. The van der Waals surface area contributed by atoms with Gasteiger partial charge < -0.3 is 9.47 Å². The van der Waals surface area contributed by atoms with Crippen LogP contribution in [0.3, 0.4) is 0 Å². The fourth-order valence-corrected chi connectivity index (χ4v) is 3.03. The molecule has 0 bridgehead atoms. The molecule has 1 fully saturated rings. The minimum atomic E-state index is -0.637. The molecule has 2 amide bonds. The zero-order valence-corrected chi connectivity index (χ0v) is 15.5. The molecule has 1 aliphatic rings. The average molecular weight is 348 g/mol. The van der Waals surface area contributed by atoms with E-state index in [4.69, 9.17) is 9.47 Å². The molecule has 1 aromatic rings. The van der Waals surface area contributed by atoms with Crippen LogP contribution in [0, 0.1) is 5.92 Å². The summed E-state index contributed by atoms with van der Waals surface area (Å²) < 4.78 is 10.7. The van der Waals surface area contributed by atoms with Crippen molar-refractivity contribution in [3.05, 3.63) is 35.9 Å². The second kappa shape index (κ2) is 8.34. The second-order valence-electron chi connectivity index (χ2n) is 7.35. The number of hydrazine groups is 1. The monoisotopic (exact) mass is 348 g/mol. The molecule has 0 aliphatic carbocycles. The topological polar surface area (TPSA) is 67.9 Å². The van der Waals surface area contributed by atoms with Crippen molar-refractivity contribution in [2.45, 2.75) is 45.1 Å². The van der Waals surface area contributed by atoms with Gasteiger partial charge in [0.1, 0.15) is 5.60 Å². The SMILES string of the molecule is CN(NC(=O)OC(C)(C)C)C(=O)[C@@H](c1ccccc1)C1CCOCC1. The van der Waals surface area contributed by atoms with Crippen LogP contribution in [0.1, 0.15) is 45.1 Å². The fraction of sp³-hybridized carbons (Fsp3) is 0.579. The molecule has 6 heteroatoms. The number of nitrogens with zero attached hydrogens (tertiary/aromatic N) is 1. The van der Waals surface area contributed by atoms with Gasteiger partial charge >= 0.3 is 6.09 Å². The van der Waals surface area contributed by atoms with E-state index in [1.807, 2.05) is 30.3 Å². The highest BCUT2D eigenvalue weighted by atomic mass is 16.6. The molecular formula is C19H28N2O4. The Morgan fingerprint density at radius 3 is 2.36 bits per heavy atom. The maximum absolute atomic E-state index is 13.1. The lowest BCUT2D eigenvalue weighted by molar-refractivity contribution is -0.136. The van der Waals surface area contributed by atoms with E-state index in [0.29, 0.717) is 13.2 Å². The van der Waals surface area contributed by atoms with Crippen LogP contribution in [0.25, 0.3) is 0 Å². The van der Waals surface area contributed by atoms with Gasteiger partial charge in [0.15, 0.2) is 0 Å². The number of benzene rings is 1. The summed E-state index contributed by atoms with van der Waals surface area (Å²) in [7, 11) is 1.56. The molecule has 1 atom stereocenters. The zero-order valence-electron chi connectivity index (χ0n) is 15.5. The van der Waals surface area contributed by atoms with Gasteiger partial charge in [-0.25, -0.2) is 10.2 Å². The summed E-state index contributed by atoms with van der Waals surface area (Å²) in [5.74, 6) is -0.277. The minimum Gasteiger partial charge on any atom is -0.443 e. The first-order valence-electron chi connectivity index (χ1n) is 8.68.